The van der Waals surface area contributed by atoms with E-state index in [9.17, 15) is 4.79 Å². The Morgan fingerprint density at radius 1 is 1.80 bits per heavy atom. The lowest BCUT2D eigenvalue weighted by atomic mass is 10.4. The Bertz CT molecular complexity index is 345. The van der Waals surface area contributed by atoms with Gasteiger partial charge in [-0.2, -0.15) is 0 Å². The minimum absolute atomic E-state index is 0.106. The SMILES string of the molecule is C=CCN(C)C(=O)c1cn(CCN)cn1. The van der Waals surface area contributed by atoms with Crippen LogP contribution >= 0.6 is 0 Å². The fraction of sp³-hybridized carbons (Fsp3) is 0.400. The van der Waals surface area contributed by atoms with Crippen LogP contribution in [0.3, 0.4) is 0 Å². The van der Waals surface area contributed by atoms with E-state index in [1.54, 1.807) is 35.1 Å². The summed E-state index contributed by atoms with van der Waals surface area (Å²) >= 11 is 0. The number of amides is 1. The van der Waals surface area contributed by atoms with Gasteiger partial charge in [0.05, 0.1) is 6.33 Å². The molecule has 15 heavy (non-hydrogen) atoms. The van der Waals surface area contributed by atoms with E-state index >= 15 is 0 Å². The summed E-state index contributed by atoms with van der Waals surface area (Å²) in [6, 6.07) is 0. The van der Waals surface area contributed by atoms with Crippen LogP contribution in [0.4, 0.5) is 0 Å². The van der Waals surface area contributed by atoms with Gasteiger partial charge in [-0.05, 0) is 0 Å². The van der Waals surface area contributed by atoms with Gasteiger partial charge in [-0.1, -0.05) is 6.08 Å². The molecule has 0 saturated carbocycles. The number of hydrogen-bond donors (Lipinski definition) is 1. The zero-order valence-electron chi connectivity index (χ0n) is 8.89. The maximum atomic E-state index is 11.7. The number of hydrogen-bond acceptors (Lipinski definition) is 3. The molecule has 1 aromatic heterocycles. The highest BCUT2D eigenvalue weighted by Crippen LogP contribution is 2.00. The number of rotatable bonds is 5. The third kappa shape index (κ3) is 2.92. The number of aromatic nitrogens is 2. The molecule has 0 bridgehead atoms. The molecule has 1 amide bonds. The van der Waals surface area contributed by atoms with E-state index in [1.165, 1.54) is 0 Å². The second-order valence-corrected chi connectivity index (χ2v) is 3.26. The van der Waals surface area contributed by atoms with Crippen molar-refractivity contribution in [2.24, 2.45) is 5.73 Å². The quantitative estimate of drug-likeness (QED) is 0.698. The lowest BCUT2D eigenvalue weighted by Gasteiger charge is -2.12. The van der Waals surface area contributed by atoms with Crippen molar-refractivity contribution in [3.63, 3.8) is 0 Å². The molecule has 0 atom stereocenters. The molecule has 82 valence electrons. The first-order valence-corrected chi connectivity index (χ1v) is 4.77. The summed E-state index contributed by atoms with van der Waals surface area (Å²) in [6.45, 7) is 5.30. The Labute approximate surface area is 89.2 Å². The predicted molar refractivity (Wildman–Crippen MR) is 58.4 cm³/mol. The molecule has 0 aromatic carbocycles. The van der Waals surface area contributed by atoms with Crippen LogP contribution in [-0.4, -0.2) is 40.5 Å². The lowest BCUT2D eigenvalue weighted by molar-refractivity contribution is 0.0805. The molecule has 0 aliphatic carbocycles. The van der Waals surface area contributed by atoms with Crippen LogP contribution in [0.2, 0.25) is 0 Å². The van der Waals surface area contributed by atoms with Gasteiger partial charge >= 0.3 is 0 Å². The minimum atomic E-state index is -0.106. The van der Waals surface area contributed by atoms with E-state index in [4.69, 9.17) is 5.73 Å². The first-order chi connectivity index (χ1) is 7.19. The lowest BCUT2D eigenvalue weighted by Crippen LogP contribution is -2.26. The first-order valence-electron chi connectivity index (χ1n) is 4.77. The van der Waals surface area contributed by atoms with Crippen LogP contribution in [0.1, 0.15) is 10.5 Å². The summed E-state index contributed by atoms with van der Waals surface area (Å²) in [5.74, 6) is -0.106. The third-order valence-electron chi connectivity index (χ3n) is 1.99. The number of nitrogens with two attached hydrogens (primary N) is 1. The van der Waals surface area contributed by atoms with Gasteiger partial charge in [0, 0.05) is 32.9 Å². The topological polar surface area (TPSA) is 64.2 Å². The Kier molecular flexibility index (Phi) is 4.05. The zero-order chi connectivity index (χ0) is 11.3. The van der Waals surface area contributed by atoms with E-state index < -0.39 is 0 Å². The maximum absolute atomic E-state index is 11.7. The smallest absolute Gasteiger partial charge is 0.274 e. The Morgan fingerprint density at radius 3 is 3.13 bits per heavy atom. The number of nitrogens with zero attached hydrogens (tertiary/aromatic N) is 3. The average molecular weight is 208 g/mol. The van der Waals surface area contributed by atoms with Crippen molar-refractivity contribution in [2.75, 3.05) is 20.1 Å². The molecular weight excluding hydrogens is 192 g/mol. The molecule has 0 saturated heterocycles. The summed E-state index contributed by atoms with van der Waals surface area (Å²) in [5.41, 5.74) is 5.83. The maximum Gasteiger partial charge on any atom is 0.274 e. The van der Waals surface area contributed by atoms with E-state index in [0.717, 1.165) is 0 Å². The molecule has 2 N–H and O–H groups in total. The first kappa shape index (κ1) is 11.5. The fourth-order valence-corrected chi connectivity index (χ4v) is 1.21. The van der Waals surface area contributed by atoms with Gasteiger partial charge in [0.25, 0.3) is 5.91 Å². The van der Waals surface area contributed by atoms with E-state index in [2.05, 4.69) is 11.6 Å². The molecular formula is C10H16N4O. The van der Waals surface area contributed by atoms with Crippen molar-refractivity contribution in [2.45, 2.75) is 6.54 Å². The highest BCUT2D eigenvalue weighted by Gasteiger charge is 2.12. The number of carbonyl (C=O) groups is 1. The van der Waals surface area contributed by atoms with Gasteiger partial charge in [0.1, 0.15) is 5.69 Å². The largest absolute Gasteiger partial charge is 0.337 e. The van der Waals surface area contributed by atoms with Crippen LogP contribution < -0.4 is 5.73 Å². The molecule has 0 aliphatic heterocycles. The van der Waals surface area contributed by atoms with Crippen molar-refractivity contribution in [3.8, 4) is 0 Å². The zero-order valence-corrected chi connectivity index (χ0v) is 8.89. The van der Waals surface area contributed by atoms with Gasteiger partial charge in [-0.25, -0.2) is 4.98 Å². The van der Waals surface area contributed by atoms with Crippen LogP contribution in [-0.2, 0) is 6.54 Å². The van der Waals surface area contributed by atoms with Crippen LogP contribution in [0.15, 0.2) is 25.2 Å². The minimum Gasteiger partial charge on any atom is -0.337 e. The van der Waals surface area contributed by atoms with Gasteiger partial charge in [-0.3, -0.25) is 4.79 Å². The highest BCUT2D eigenvalue weighted by molar-refractivity contribution is 5.91. The summed E-state index contributed by atoms with van der Waals surface area (Å²) in [4.78, 5) is 17.3. The number of likely N-dealkylation sites (N-methyl/N-ethyl adjacent to an activating group) is 1. The Hall–Kier alpha value is -1.62. The van der Waals surface area contributed by atoms with Crippen LogP contribution in [0, 0.1) is 0 Å². The highest BCUT2D eigenvalue weighted by atomic mass is 16.2. The summed E-state index contributed by atoms with van der Waals surface area (Å²) in [7, 11) is 1.71. The molecule has 0 spiro atoms. The molecule has 0 aliphatic rings. The average Bonchev–Trinajstić information content (AvgIpc) is 2.66. The number of imidazole rings is 1. The van der Waals surface area contributed by atoms with E-state index in [1.807, 2.05) is 0 Å². The normalized spacial score (nSPS) is 10.0. The Morgan fingerprint density at radius 2 is 2.53 bits per heavy atom. The summed E-state index contributed by atoms with van der Waals surface area (Å²) in [6.07, 6.45) is 4.99. The van der Waals surface area contributed by atoms with Gasteiger partial charge in [0.15, 0.2) is 0 Å². The van der Waals surface area contributed by atoms with E-state index in [0.29, 0.717) is 25.3 Å². The monoisotopic (exact) mass is 208 g/mol. The van der Waals surface area contributed by atoms with Crippen molar-refractivity contribution >= 4 is 5.91 Å². The van der Waals surface area contributed by atoms with Crippen LogP contribution in [0.25, 0.3) is 0 Å². The second-order valence-electron chi connectivity index (χ2n) is 3.26. The fourth-order valence-electron chi connectivity index (χ4n) is 1.21. The van der Waals surface area contributed by atoms with Crippen molar-refractivity contribution in [1.29, 1.82) is 0 Å². The van der Waals surface area contributed by atoms with Crippen molar-refractivity contribution < 1.29 is 4.79 Å². The predicted octanol–water partition coefficient (Wildman–Crippen LogP) is 0.0998. The third-order valence-corrected chi connectivity index (χ3v) is 1.99. The summed E-state index contributed by atoms with van der Waals surface area (Å²) < 4.78 is 1.80. The molecule has 1 rings (SSSR count). The molecule has 1 heterocycles. The standard InChI is InChI=1S/C10H16N4O/c1-3-5-13(2)10(15)9-7-14(6-4-11)8-12-9/h3,7-8H,1,4-6,11H2,2H3. The molecule has 5 heteroatoms. The molecule has 5 nitrogen and oxygen atoms in total. The van der Waals surface area contributed by atoms with E-state index in [-0.39, 0.29) is 5.91 Å². The molecule has 1 aromatic rings. The van der Waals surface area contributed by atoms with Gasteiger partial charge in [0.2, 0.25) is 0 Å². The Balaban J connectivity index is 2.69. The molecule has 0 fully saturated rings. The van der Waals surface area contributed by atoms with Crippen LogP contribution in [0.5, 0.6) is 0 Å². The molecule has 0 radical (unpaired) electrons. The molecule has 0 unspecified atom stereocenters. The number of carbonyl (C=O) groups excluding carboxylic acids is 1. The van der Waals surface area contributed by atoms with Gasteiger partial charge < -0.3 is 15.2 Å². The summed E-state index contributed by atoms with van der Waals surface area (Å²) in [5, 5.41) is 0. The van der Waals surface area contributed by atoms with Gasteiger partial charge in [-0.15, -0.1) is 6.58 Å². The van der Waals surface area contributed by atoms with Crippen molar-refractivity contribution in [3.05, 3.63) is 30.9 Å². The second kappa shape index (κ2) is 5.31. The van der Waals surface area contributed by atoms with Crippen molar-refractivity contribution in [1.82, 2.24) is 14.5 Å².